The van der Waals surface area contributed by atoms with Gasteiger partial charge in [0.1, 0.15) is 17.3 Å². The molecule has 7 nitrogen and oxygen atoms in total. The van der Waals surface area contributed by atoms with Gasteiger partial charge < -0.3 is 15.2 Å². The van der Waals surface area contributed by atoms with Crippen LogP contribution < -0.4 is 5.73 Å². The van der Waals surface area contributed by atoms with Gasteiger partial charge in [0.05, 0.1) is 5.01 Å². The lowest BCUT2D eigenvalue weighted by Gasteiger charge is -2.42. The van der Waals surface area contributed by atoms with E-state index in [1.54, 1.807) is 11.3 Å². The highest BCUT2D eigenvalue weighted by Gasteiger charge is 2.38. The van der Waals surface area contributed by atoms with Crippen molar-refractivity contribution in [3.05, 3.63) is 51.4 Å². The smallest absolute Gasteiger partial charge is 0.224 e. The van der Waals surface area contributed by atoms with E-state index in [0.717, 1.165) is 47.7 Å². The number of benzene rings is 1. The number of thiazole rings is 1. The molecule has 3 atom stereocenters. The lowest BCUT2D eigenvalue weighted by Crippen LogP contribution is -2.47. The van der Waals surface area contributed by atoms with Gasteiger partial charge in [-0.15, -0.1) is 33.9 Å². The van der Waals surface area contributed by atoms with Crippen molar-refractivity contribution >= 4 is 29.7 Å². The maximum Gasteiger partial charge on any atom is 0.224 e. The zero-order valence-electron chi connectivity index (χ0n) is 19.1. The van der Waals surface area contributed by atoms with E-state index in [0.29, 0.717) is 19.2 Å². The molecule has 0 unspecified atom stereocenters. The molecule has 0 spiro atoms. The van der Waals surface area contributed by atoms with E-state index in [4.69, 9.17) is 5.73 Å². The van der Waals surface area contributed by atoms with Crippen LogP contribution in [0, 0.1) is 30.3 Å². The molecule has 0 saturated carbocycles. The Hall–Kier alpha value is -2.50. The summed E-state index contributed by atoms with van der Waals surface area (Å²) >= 11 is 1.58. The molecule has 0 aliphatic carbocycles. The lowest BCUT2D eigenvalue weighted by molar-refractivity contribution is -0.134. The Kier molecular flexibility index (Phi) is 7.48. The summed E-state index contributed by atoms with van der Waals surface area (Å²) in [5.74, 6) is -1.35. The number of hydrogen-bond donors (Lipinski definition) is 1. The molecular weight excluding hydrogens is 501 g/mol. The number of hydrogen-bond acceptors (Lipinski definition) is 6. The molecule has 2 aliphatic heterocycles. The van der Waals surface area contributed by atoms with E-state index in [1.165, 1.54) is 0 Å². The quantitative estimate of drug-likeness (QED) is 0.510. The second-order valence-electron chi connectivity index (χ2n) is 9.08. The summed E-state index contributed by atoms with van der Waals surface area (Å²) in [5.41, 5.74) is 6.88. The van der Waals surface area contributed by atoms with E-state index in [2.05, 4.69) is 19.7 Å². The molecule has 4 heterocycles. The van der Waals surface area contributed by atoms with Crippen molar-refractivity contribution in [1.82, 2.24) is 24.6 Å². The van der Waals surface area contributed by atoms with Crippen molar-refractivity contribution in [2.75, 3.05) is 13.1 Å². The number of nitrogens with zero attached hydrogens (tertiary/aromatic N) is 5. The summed E-state index contributed by atoms with van der Waals surface area (Å²) in [7, 11) is 0. The van der Waals surface area contributed by atoms with Crippen molar-refractivity contribution in [2.45, 2.75) is 51.1 Å². The average molecular weight is 527 g/mol. The van der Waals surface area contributed by atoms with Crippen molar-refractivity contribution in [3.8, 4) is 11.5 Å². The topological polar surface area (TPSA) is 89.9 Å². The van der Waals surface area contributed by atoms with Crippen LogP contribution in [-0.2, 0) is 17.6 Å². The van der Waals surface area contributed by atoms with E-state index in [-0.39, 0.29) is 48.7 Å². The molecule has 2 N–H and O–H groups in total. The summed E-state index contributed by atoms with van der Waals surface area (Å²) in [4.78, 5) is 19.3. The van der Waals surface area contributed by atoms with Gasteiger partial charge in [-0.3, -0.25) is 4.79 Å². The molecule has 12 heteroatoms. The van der Waals surface area contributed by atoms with E-state index in [9.17, 15) is 18.0 Å². The van der Waals surface area contributed by atoms with Crippen LogP contribution in [0.5, 0.6) is 0 Å². The molecule has 0 bridgehead atoms. The number of amides is 1. The van der Waals surface area contributed by atoms with E-state index in [1.807, 2.05) is 17.2 Å². The first-order valence-corrected chi connectivity index (χ1v) is 12.2. The minimum Gasteiger partial charge on any atom is -0.342 e. The SMILES string of the molecule is Cc1nc(-c2nnc3n2[C@@H]2CCN(C(=O)C[C@H](N)Cc4cc(F)c(F)cc4F)C[C@@H]2CC3)cs1.Cl. The van der Waals surface area contributed by atoms with Gasteiger partial charge in [-0.05, 0) is 43.7 Å². The fraction of sp³-hybridized carbons (Fsp3) is 0.478. The Labute approximate surface area is 211 Å². The minimum absolute atomic E-state index is 0. The molecule has 1 fully saturated rings. The number of piperidine rings is 1. The monoisotopic (exact) mass is 526 g/mol. The fourth-order valence-corrected chi connectivity index (χ4v) is 5.69. The van der Waals surface area contributed by atoms with Crippen molar-refractivity contribution < 1.29 is 18.0 Å². The number of likely N-dealkylation sites (tertiary alicyclic amines) is 1. The highest BCUT2D eigenvalue weighted by Crippen LogP contribution is 2.39. The van der Waals surface area contributed by atoms with Crippen LogP contribution >= 0.6 is 23.7 Å². The van der Waals surface area contributed by atoms with Gasteiger partial charge in [-0.25, -0.2) is 18.2 Å². The third kappa shape index (κ3) is 5.07. The second kappa shape index (κ2) is 10.2. The fourth-order valence-electron chi connectivity index (χ4n) is 5.10. The number of rotatable bonds is 5. The number of aryl methyl sites for hydroxylation is 2. The van der Waals surface area contributed by atoms with E-state index >= 15 is 0 Å². The van der Waals surface area contributed by atoms with Crippen molar-refractivity contribution in [3.63, 3.8) is 0 Å². The zero-order valence-corrected chi connectivity index (χ0v) is 20.7. The first kappa shape index (κ1) is 25.6. The standard InChI is InChI=1S/C23H25F3N6OS.ClH/c1-12-28-19(11-34-12)23-30-29-21-3-2-13-10-31(5-4-20(13)32(21)23)22(33)8-15(27)6-14-7-17(25)18(26)9-16(14)24;/h7,9,11,13,15,20H,2-6,8,10,27H2,1H3;1H/t13-,15+,20+;/m0./s1. The second-order valence-corrected chi connectivity index (χ2v) is 10.1. The van der Waals surface area contributed by atoms with Gasteiger partial charge in [-0.1, -0.05) is 0 Å². The van der Waals surface area contributed by atoms with Crippen LogP contribution in [0.4, 0.5) is 13.2 Å². The molecule has 1 amide bonds. The van der Waals surface area contributed by atoms with Crippen LogP contribution in [0.25, 0.3) is 11.5 Å². The van der Waals surface area contributed by atoms with Crippen LogP contribution in [-0.4, -0.2) is 49.7 Å². The number of aromatic nitrogens is 4. The summed E-state index contributed by atoms with van der Waals surface area (Å²) < 4.78 is 42.8. The average Bonchev–Trinajstić information content (AvgIpc) is 3.43. The molecule has 188 valence electrons. The predicted molar refractivity (Wildman–Crippen MR) is 128 cm³/mol. The minimum atomic E-state index is -1.24. The van der Waals surface area contributed by atoms with E-state index < -0.39 is 23.5 Å². The summed E-state index contributed by atoms with van der Waals surface area (Å²) in [6, 6.07) is 0.818. The Morgan fingerprint density at radius 1 is 1.20 bits per heavy atom. The maximum atomic E-state index is 13.9. The third-order valence-electron chi connectivity index (χ3n) is 6.74. The Bertz CT molecular complexity index is 1230. The summed E-state index contributed by atoms with van der Waals surface area (Å²) in [6.07, 6.45) is 2.43. The predicted octanol–water partition coefficient (Wildman–Crippen LogP) is 3.85. The lowest BCUT2D eigenvalue weighted by atomic mass is 9.84. The molecule has 1 saturated heterocycles. The number of carbonyl (C=O) groups excluding carboxylic acids is 1. The molecule has 5 rings (SSSR count). The van der Waals surface area contributed by atoms with Crippen LogP contribution in [0.15, 0.2) is 17.5 Å². The molecule has 2 aliphatic rings. The largest absolute Gasteiger partial charge is 0.342 e. The van der Waals surface area contributed by atoms with Gasteiger partial charge in [0, 0.05) is 49.5 Å². The molecular formula is C23H26ClF3N6OS. The summed E-state index contributed by atoms with van der Waals surface area (Å²) in [5, 5.41) is 11.8. The number of halogens is 4. The number of carbonyl (C=O) groups is 1. The third-order valence-corrected chi connectivity index (χ3v) is 7.51. The Balaban J connectivity index is 0.00000289. The maximum absolute atomic E-state index is 13.9. The number of fused-ring (bicyclic) bond motifs is 3. The van der Waals surface area contributed by atoms with Crippen LogP contribution in [0.2, 0.25) is 0 Å². The van der Waals surface area contributed by atoms with Gasteiger partial charge in [0.25, 0.3) is 0 Å². The molecule has 3 aromatic rings. The van der Waals surface area contributed by atoms with Gasteiger partial charge in [0.15, 0.2) is 17.5 Å². The highest BCUT2D eigenvalue weighted by molar-refractivity contribution is 7.09. The first-order chi connectivity index (χ1) is 16.3. The normalized spacial score (nSPS) is 20.1. The van der Waals surface area contributed by atoms with Gasteiger partial charge in [-0.2, -0.15) is 0 Å². The molecule has 2 aromatic heterocycles. The molecule has 35 heavy (non-hydrogen) atoms. The highest BCUT2D eigenvalue weighted by atomic mass is 35.5. The van der Waals surface area contributed by atoms with Crippen LogP contribution in [0.1, 0.15) is 41.7 Å². The zero-order chi connectivity index (χ0) is 24.0. The Morgan fingerprint density at radius 2 is 1.97 bits per heavy atom. The first-order valence-electron chi connectivity index (χ1n) is 11.3. The Morgan fingerprint density at radius 3 is 2.71 bits per heavy atom. The molecule has 1 aromatic carbocycles. The van der Waals surface area contributed by atoms with Crippen LogP contribution in [0.3, 0.4) is 0 Å². The summed E-state index contributed by atoms with van der Waals surface area (Å²) in [6.45, 7) is 3.13. The number of nitrogens with two attached hydrogens (primary N) is 1. The molecule has 0 radical (unpaired) electrons. The van der Waals surface area contributed by atoms with Crippen molar-refractivity contribution in [2.24, 2.45) is 11.7 Å². The van der Waals surface area contributed by atoms with Gasteiger partial charge in [0.2, 0.25) is 5.91 Å². The van der Waals surface area contributed by atoms with Gasteiger partial charge >= 0.3 is 0 Å². The van der Waals surface area contributed by atoms with Crippen molar-refractivity contribution in [1.29, 1.82) is 0 Å².